The van der Waals surface area contributed by atoms with E-state index in [1.165, 1.54) is 25.7 Å². The van der Waals surface area contributed by atoms with Gasteiger partial charge >= 0.3 is 5.97 Å². The molecule has 0 fully saturated rings. The van der Waals surface area contributed by atoms with Gasteiger partial charge in [-0.05, 0) is 51.4 Å². The van der Waals surface area contributed by atoms with Crippen molar-refractivity contribution in [2.75, 3.05) is 0 Å². The van der Waals surface area contributed by atoms with Crippen molar-refractivity contribution >= 4 is 5.97 Å². The molecular formula is C22H36O2. The molecule has 0 aliphatic carbocycles. The van der Waals surface area contributed by atoms with Gasteiger partial charge in [-0.3, -0.25) is 4.79 Å². The lowest BCUT2D eigenvalue weighted by atomic mass is 10.1. The van der Waals surface area contributed by atoms with Gasteiger partial charge in [0.05, 0.1) is 0 Å². The molecule has 0 aromatic heterocycles. The summed E-state index contributed by atoms with van der Waals surface area (Å²) in [5.41, 5.74) is 0. The Labute approximate surface area is 149 Å². The Morgan fingerprint density at radius 2 is 1.12 bits per heavy atom. The predicted octanol–water partition coefficient (Wildman–Crippen LogP) is 7.00. The zero-order chi connectivity index (χ0) is 17.7. The highest BCUT2D eigenvalue weighted by Gasteiger charge is 1.94. The van der Waals surface area contributed by atoms with E-state index in [4.69, 9.17) is 5.11 Å². The molecule has 0 bridgehead atoms. The highest BCUT2D eigenvalue weighted by atomic mass is 16.4. The number of allylic oxidation sites excluding steroid dienone is 8. The van der Waals surface area contributed by atoms with Gasteiger partial charge < -0.3 is 5.11 Å². The minimum Gasteiger partial charge on any atom is -0.481 e. The van der Waals surface area contributed by atoms with Crippen LogP contribution in [0.1, 0.15) is 84.0 Å². The van der Waals surface area contributed by atoms with E-state index in [0.717, 1.165) is 44.9 Å². The number of hydrogen-bond donors (Lipinski definition) is 1. The van der Waals surface area contributed by atoms with Crippen LogP contribution in [0.4, 0.5) is 0 Å². The maximum absolute atomic E-state index is 10.4. The van der Waals surface area contributed by atoms with Gasteiger partial charge in [0.2, 0.25) is 0 Å². The third-order valence-electron chi connectivity index (χ3n) is 3.72. The monoisotopic (exact) mass is 332 g/mol. The molecule has 0 spiro atoms. The molecule has 0 saturated heterocycles. The molecule has 0 aromatic carbocycles. The first-order valence-corrected chi connectivity index (χ1v) is 9.59. The maximum Gasteiger partial charge on any atom is 0.303 e. The zero-order valence-electron chi connectivity index (χ0n) is 15.5. The van der Waals surface area contributed by atoms with Gasteiger partial charge in [0, 0.05) is 6.42 Å². The second-order valence-electron chi connectivity index (χ2n) is 6.08. The van der Waals surface area contributed by atoms with Crippen LogP contribution in [-0.2, 0) is 4.79 Å². The molecule has 136 valence electrons. The summed E-state index contributed by atoms with van der Waals surface area (Å²) in [7, 11) is 0. The van der Waals surface area contributed by atoms with Crippen molar-refractivity contribution in [2.24, 2.45) is 0 Å². The minimum atomic E-state index is -0.687. The van der Waals surface area contributed by atoms with Crippen LogP contribution in [0.25, 0.3) is 0 Å². The molecule has 2 nitrogen and oxygen atoms in total. The summed E-state index contributed by atoms with van der Waals surface area (Å²) >= 11 is 0. The Morgan fingerprint density at radius 3 is 1.58 bits per heavy atom. The Bertz CT molecular complexity index is 389. The number of rotatable bonds is 16. The normalized spacial score (nSPS) is 12.4. The first kappa shape index (κ1) is 22.4. The van der Waals surface area contributed by atoms with Crippen LogP contribution in [0, 0.1) is 0 Å². The second kappa shape index (κ2) is 19.5. The van der Waals surface area contributed by atoms with E-state index < -0.39 is 5.97 Å². The SMILES string of the molecule is CCCCCC=CCC=CCC=CC/C=C\CCCCCC(=O)O. The summed E-state index contributed by atoms with van der Waals surface area (Å²) in [4.78, 5) is 10.4. The van der Waals surface area contributed by atoms with Gasteiger partial charge in [0.25, 0.3) is 0 Å². The largest absolute Gasteiger partial charge is 0.481 e. The highest BCUT2D eigenvalue weighted by molar-refractivity contribution is 5.66. The topological polar surface area (TPSA) is 37.3 Å². The van der Waals surface area contributed by atoms with Crippen LogP contribution < -0.4 is 0 Å². The maximum atomic E-state index is 10.4. The summed E-state index contributed by atoms with van der Waals surface area (Å²) in [5.74, 6) is -0.687. The van der Waals surface area contributed by atoms with Crippen molar-refractivity contribution in [3.8, 4) is 0 Å². The zero-order valence-corrected chi connectivity index (χ0v) is 15.5. The van der Waals surface area contributed by atoms with Crippen molar-refractivity contribution in [1.29, 1.82) is 0 Å². The number of aliphatic carboxylic acids is 1. The smallest absolute Gasteiger partial charge is 0.303 e. The van der Waals surface area contributed by atoms with Crippen LogP contribution in [0.3, 0.4) is 0 Å². The lowest BCUT2D eigenvalue weighted by molar-refractivity contribution is -0.137. The lowest BCUT2D eigenvalue weighted by Crippen LogP contribution is -1.93. The Hall–Kier alpha value is -1.57. The third kappa shape index (κ3) is 20.4. The van der Waals surface area contributed by atoms with Gasteiger partial charge in [0.1, 0.15) is 0 Å². The molecule has 2 heteroatoms. The van der Waals surface area contributed by atoms with E-state index >= 15 is 0 Å². The fourth-order valence-electron chi connectivity index (χ4n) is 2.28. The molecule has 24 heavy (non-hydrogen) atoms. The average molecular weight is 333 g/mol. The predicted molar refractivity (Wildman–Crippen MR) is 105 cm³/mol. The first-order valence-electron chi connectivity index (χ1n) is 9.59. The standard InChI is InChI=1S/C22H36O2/c1-2-3-4-5-6-7-8-9-10-11-12-13-14-15-16-17-18-19-20-21-22(23)24/h6-7,9-10,12-13,15-16H,2-5,8,11,14,17-21H2,1H3,(H,23,24)/b7-6?,10-9?,13-12?,16-15-. The summed E-state index contributed by atoms with van der Waals surface area (Å²) in [5, 5.41) is 8.53. The molecule has 0 amide bonds. The van der Waals surface area contributed by atoms with Crippen molar-refractivity contribution in [1.82, 2.24) is 0 Å². The minimum absolute atomic E-state index is 0.300. The van der Waals surface area contributed by atoms with Gasteiger partial charge in [-0.1, -0.05) is 74.8 Å². The third-order valence-corrected chi connectivity index (χ3v) is 3.72. The molecular weight excluding hydrogens is 296 g/mol. The van der Waals surface area contributed by atoms with Crippen LogP contribution in [0.2, 0.25) is 0 Å². The Morgan fingerprint density at radius 1 is 0.667 bits per heavy atom. The van der Waals surface area contributed by atoms with Crippen LogP contribution in [0.15, 0.2) is 48.6 Å². The van der Waals surface area contributed by atoms with E-state index in [9.17, 15) is 4.79 Å². The van der Waals surface area contributed by atoms with Crippen molar-refractivity contribution in [2.45, 2.75) is 84.0 Å². The van der Waals surface area contributed by atoms with Gasteiger partial charge in [-0.15, -0.1) is 0 Å². The van der Waals surface area contributed by atoms with Crippen LogP contribution in [-0.4, -0.2) is 11.1 Å². The molecule has 0 aromatic rings. The summed E-state index contributed by atoms with van der Waals surface area (Å²) in [6.45, 7) is 2.24. The molecule has 0 atom stereocenters. The molecule has 0 aliphatic rings. The van der Waals surface area contributed by atoms with Gasteiger partial charge in [-0.25, -0.2) is 0 Å². The van der Waals surface area contributed by atoms with Crippen LogP contribution >= 0.6 is 0 Å². The Kier molecular flexibility index (Phi) is 18.2. The van der Waals surface area contributed by atoms with E-state index in [1.807, 2.05) is 0 Å². The number of unbranched alkanes of at least 4 members (excludes halogenated alkanes) is 6. The van der Waals surface area contributed by atoms with E-state index in [0.29, 0.717) is 6.42 Å². The number of carboxylic acids is 1. The van der Waals surface area contributed by atoms with Crippen molar-refractivity contribution < 1.29 is 9.90 Å². The summed E-state index contributed by atoms with van der Waals surface area (Å²) in [6.07, 6.45) is 30.2. The van der Waals surface area contributed by atoms with Crippen molar-refractivity contribution in [3.63, 3.8) is 0 Å². The van der Waals surface area contributed by atoms with Gasteiger partial charge in [-0.2, -0.15) is 0 Å². The number of carbonyl (C=O) groups is 1. The molecule has 0 unspecified atom stereocenters. The quantitative estimate of drug-likeness (QED) is 0.244. The number of hydrogen-bond acceptors (Lipinski definition) is 1. The highest BCUT2D eigenvalue weighted by Crippen LogP contribution is 2.04. The van der Waals surface area contributed by atoms with Crippen molar-refractivity contribution in [3.05, 3.63) is 48.6 Å². The fourth-order valence-corrected chi connectivity index (χ4v) is 2.28. The fraction of sp³-hybridized carbons (Fsp3) is 0.591. The average Bonchev–Trinajstić information content (AvgIpc) is 2.56. The van der Waals surface area contributed by atoms with E-state index in [1.54, 1.807) is 0 Å². The van der Waals surface area contributed by atoms with E-state index in [-0.39, 0.29) is 0 Å². The molecule has 0 rings (SSSR count). The molecule has 1 N–H and O–H groups in total. The molecule has 0 radical (unpaired) electrons. The summed E-state index contributed by atoms with van der Waals surface area (Å²) in [6, 6.07) is 0. The molecule has 0 aliphatic heterocycles. The second-order valence-corrected chi connectivity index (χ2v) is 6.08. The summed E-state index contributed by atoms with van der Waals surface area (Å²) < 4.78 is 0. The van der Waals surface area contributed by atoms with Gasteiger partial charge in [0.15, 0.2) is 0 Å². The Balaban J connectivity index is 3.37. The number of carboxylic acid groups (broad SMARTS) is 1. The van der Waals surface area contributed by atoms with E-state index in [2.05, 4.69) is 55.5 Å². The molecule has 0 heterocycles. The molecule has 0 saturated carbocycles. The lowest BCUT2D eigenvalue weighted by Gasteiger charge is -1.94. The first-order chi connectivity index (χ1) is 11.8. The van der Waals surface area contributed by atoms with Crippen LogP contribution in [0.5, 0.6) is 0 Å².